The number of rotatable bonds is 5. The van der Waals surface area contributed by atoms with E-state index in [2.05, 4.69) is 30.3 Å². The van der Waals surface area contributed by atoms with Crippen LogP contribution >= 0.6 is 11.8 Å². The van der Waals surface area contributed by atoms with Gasteiger partial charge in [0.1, 0.15) is 10.8 Å². The number of hydrogen-bond donors (Lipinski definition) is 3. The Kier molecular flexibility index (Phi) is 4.64. The van der Waals surface area contributed by atoms with Crippen LogP contribution in [-0.4, -0.2) is 28.9 Å². The van der Waals surface area contributed by atoms with Crippen molar-refractivity contribution in [3.05, 3.63) is 72.9 Å². The van der Waals surface area contributed by atoms with Crippen molar-refractivity contribution in [1.82, 2.24) is 15.0 Å². The van der Waals surface area contributed by atoms with Gasteiger partial charge >= 0.3 is 0 Å². The Hall–Kier alpha value is -3.37. The fourth-order valence-corrected chi connectivity index (χ4v) is 4.96. The summed E-state index contributed by atoms with van der Waals surface area (Å²) in [5.41, 5.74) is 2.29. The summed E-state index contributed by atoms with van der Waals surface area (Å²) in [7, 11) is -3.70. The van der Waals surface area contributed by atoms with Crippen molar-refractivity contribution in [2.45, 2.75) is 15.4 Å². The number of sulfonamides is 1. The summed E-state index contributed by atoms with van der Waals surface area (Å²) in [6.45, 7) is 0. The molecule has 3 heterocycles. The highest BCUT2D eigenvalue weighted by Gasteiger charge is 2.25. The molecule has 0 saturated heterocycles. The summed E-state index contributed by atoms with van der Waals surface area (Å²) in [5.74, 6) is 1.01. The highest BCUT2D eigenvalue weighted by molar-refractivity contribution is 8.00. The van der Waals surface area contributed by atoms with Crippen LogP contribution in [0.2, 0.25) is 0 Å². The van der Waals surface area contributed by atoms with Gasteiger partial charge in [-0.15, -0.1) is 0 Å². The first kappa shape index (κ1) is 18.6. The molecule has 1 aliphatic heterocycles. The highest BCUT2D eigenvalue weighted by Crippen LogP contribution is 2.37. The molecule has 2 aromatic carbocycles. The second-order valence-electron chi connectivity index (χ2n) is 6.50. The van der Waals surface area contributed by atoms with Crippen LogP contribution in [0, 0.1) is 0 Å². The van der Waals surface area contributed by atoms with Crippen LogP contribution in [0.1, 0.15) is 0 Å². The van der Waals surface area contributed by atoms with Gasteiger partial charge in [-0.1, -0.05) is 30.0 Å². The Morgan fingerprint density at radius 3 is 2.37 bits per heavy atom. The zero-order chi connectivity index (χ0) is 20.6. The quantitative estimate of drug-likeness (QED) is 0.434. The average molecular weight is 437 g/mol. The maximum Gasteiger partial charge on any atom is 0.263 e. The zero-order valence-electron chi connectivity index (χ0n) is 15.5. The van der Waals surface area contributed by atoms with E-state index in [1.54, 1.807) is 42.5 Å². The second-order valence-corrected chi connectivity index (χ2v) is 9.27. The predicted octanol–water partition coefficient (Wildman–Crippen LogP) is 3.74. The first-order valence-electron chi connectivity index (χ1n) is 9.07. The van der Waals surface area contributed by atoms with Gasteiger partial charge in [-0.05, 0) is 48.5 Å². The summed E-state index contributed by atoms with van der Waals surface area (Å²) in [4.78, 5) is 13.4. The Morgan fingerprint density at radius 1 is 0.900 bits per heavy atom. The molecule has 0 spiro atoms. The lowest BCUT2D eigenvalue weighted by atomic mass is 10.3. The summed E-state index contributed by atoms with van der Waals surface area (Å²) in [6.07, 6.45) is 1.53. The molecule has 150 valence electrons. The molecule has 30 heavy (non-hydrogen) atoms. The van der Waals surface area contributed by atoms with E-state index in [1.807, 2.05) is 24.3 Å². The number of hydrogen-bond acceptors (Lipinski definition) is 8. The molecule has 1 aliphatic rings. The fourth-order valence-electron chi connectivity index (χ4n) is 2.99. The van der Waals surface area contributed by atoms with E-state index in [4.69, 9.17) is 0 Å². The van der Waals surface area contributed by atoms with Crippen molar-refractivity contribution in [3.63, 3.8) is 0 Å². The van der Waals surface area contributed by atoms with Crippen molar-refractivity contribution < 1.29 is 8.42 Å². The van der Waals surface area contributed by atoms with Crippen molar-refractivity contribution >= 4 is 50.1 Å². The number of anilines is 3. The summed E-state index contributed by atoms with van der Waals surface area (Å²) in [5, 5.41) is 7.43. The van der Waals surface area contributed by atoms with Crippen LogP contribution in [0.5, 0.6) is 0 Å². The number of pyridine rings is 1. The summed E-state index contributed by atoms with van der Waals surface area (Å²) in [6, 6.07) is 19.3. The highest BCUT2D eigenvalue weighted by atomic mass is 32.2. The normalized spacial score (nSPS) is 15.4. The monoisotopic (exact) mass is 436 g/mol. The van der Waals surface area contributed by atoms with Crippen LogP contribution in [0.25, 0.3) is 11.0 Å². The molecule has 4 aromatic rings. The topological polar surface area (TPSA) is 109 Å². The lowest BCUT2D eigenvalue weighted by molar-refractivity contribution is 0.601. The van der Waals surface area contributed by atoms with Crippen molar-refractivity contribution in [3.8, 4) is 0 Å². The molecule has 0 fully saturated rings. The third kappa shape index (κ3) is 3.74. The van der Waals surface area contributed by atoms with Gasteiger partial charge in [0.25, 0.3) is 10.0 Å². The van der Waals surface area contributed by atoms with Gasteiger partial charge in [0, 0.05) is 11.9 Å². The molecule has 10 heteroatoms. The molecule has 5 rings (SSSR count). The Balaban J connectivity index is 1.29. The Morgan fingerprint density at radius 2 is 1.63 bits per heavy atom. The SMILES string of the molecule is O=S(=O)(Nc1ccccn1)c1ccc(NC2Nc3nc4ccccc4nc3S2)cc1. The number of thioether (sulfide) groups is 1. The minimum absolute atomic E-state index is 0.156. The van der Waals surface area contributed by atoms with Gasteiger partial charge in [0.15, 0.2) is 11.3 Å². The van der Waals surface area contributed by atoms with Gasteiger partial charge in [0.05, 0.1) is 15.9 Å². The molecule has 0 amide bonds. The lowest BCUT2D eigenvalue weighted by Gasteiger charge is -2.14. The molecule has 0 aliphatic carbocycles. The van der Waals surface area contributed by atoms with Crippen molar-refractivity contribution in [1.29, 1.82) is 0 Å². The largest absolute Gasteiger partial charge is 0.357 e. The molecule has 0 saturated carbocycles. The van der Waals surface area contributed by atoms with E-state index in [-0.39, 0.29) is 16.2 Å². The molecular weight excluding hydrogens is 420 g/mol. The van der Waals surface area contributed by atoms with Gasteiger partial charge in [-0.3, -0.25) is 4.72 Å². The number of aromatic nitrogens is 3. The van der Waals surface area contributed by atoms with Gasteiger partial charge in [0.2, 0.25) is 0 Å². The maximum absolute atomic E-state index is 12.5. The van der Waals surface area contributed by atoms with E-state index < -0.39 is 10.0 Å². The second kappa shape index (κ2) is 7.47. The minimum Gasteiger partial charge on any atom is -0.357 e. The van der Waals surface area contributed by atoms with Gasteiger partial charge < -0.3 is 10.6 Å². The molecular formula is C20H16N6O2S2. The van der Waals surface area contributed by atoms with Crippen LogP contribution in [-0.2, 0) is 10.0 Å². The van der Waals surface area contributed by atoms with Crippen molar-refractivity contribution in [2.24, 2.45) is 0 Å². The fraction of sp³-hybridized carbons (Fsp3) is 0.0500. The number of fused-ring (bicyclic) bond motifs is 2. The molecule has 8 nitrogen and oxygen atoms in total. The molecule has 1 atom stereocenters. The molecule has 0 radical (unpaired) electrons. The van der Waals surface area contributed by atoms with Crippen LogP contribution in [0.3, 0.4) is 0 Å². The minimum atomic E-state index is -3.70. The smallest absolute Gasteiger partial charge is 0.263 e. The van der Waals surface area contributed by atoms with E-state index in [9.17, 15) is 8.42 Å². The van der Waals surface area contributed by atoms with Gasteiger partial charge in [-0.25, -0.2) is 23.4 Å². The Bertz CT molecular complexity index is 1270. The van der Waals surface area contributed by atoms with Crippen LogP contribution in [0.15, 0.2) is 82.8 Å². The van der Waals surface area contributed by atoms with Crippen LogP contribution < -0.4 is 15.4 Å². The molecule has 3 N–H and O–H groups in total. The van der Waals surface area contributed by atoms with Crippen LogP contribution in [0.4, 0.5) is 17.3 Å². The number of nitrogens with one attached hydrogen (secondary N) is 3. The first-order chi connectivity index (χ1) is 14.6. The third-order valence-corrected chi connectivity index (χ3v) is 6.75. The number of para-hydroxylation sites is 2. The first-order valence-corrected chi connectivity index (χ1v) is 11.4. The summed E-state index contributed by atoms with van der Waals surface area (Å²) >= 11 is 1.52. The van der Waals surface area contributed by atoms with Gasteiger partial charge in [-0.2, -0.15) is 0 Å². The maximum atomic E-state index is 12.5. The number of benzene rings is 2. The van der Waals surface area contributed by atoms with E-state index in [1.165, 1.54) is 18.0 Å². The lowest BCUT2D eigenvalue weighted by Crippen LogP contribution is -2.21. The van der Waals surface area contributed by atoms with E-state index >= 15 is 0 Å². The summed E-state index contributed by atoms with van der Waals surface area (Å²) < 4.78 is 27.5. The molecule has 1 unspecified atom stereocenters. The van der Waals surface area contributed by atoms with E-state index in [0.29, 0.717) is 0 Å². The third-order valence-electron chi connectivity index (χ3n) is 4.40. The van der Waals surface area contributed by atoms with E-state index in [0.717, 1.165) is 27.6 Å². The van der Waals surface area contributed by atoms with Crippen molar-refractivity contribution in [2.75, 3.05) is 15.4 Å². The standard InChI is InChI=1S/C20H16N6O2S2/c27-30(28,26-17-7-3-4-12-21-17)14-10-8-13(9-11-14)22-20-25-18-19(29-20)24-16-6-2-1-5-15(16)23-18/h1-12,20,22H,(H,21,26)(H,23,25). The molecule has 0 bridgehead atoms. The Labute approximate surface area is 177 Å². The zero-order valence-corrected chi connectivity index (χ0v) is 17.1. The number of nitrogens with zero attached hydrogens (tertiary/aromatic N) is 3. The average Bonchev–Trinajstić information content (AvgIpc) is 3.13. The predicted molar refractivity (Wildman–Crippen MR) is 118 cm³/mol. The molecule has 2 aromatic heterocycles.